The number of aliphatic hydroxyl groups is 1. The molecular formula is C15H23ClN2O2. The lowest BCUT2D eigenvalue weighted by Crippen LogP contribution is -2.45. The third kappa shape index (κ3) is 4.35. The van der Waals surface area contributed by atoms with Crippen LogP contribution in [-0.4, -0.2) is 61.3 Å². The summed E-state index contributed by atoms with van der Waals surface area (Å²) in [6.07, 6.45) is -0.577. The van der Waals surface area contributed by atoms with Gasteiger partial charge in [-0.15, -0.1) is 0 Å². The fraction of sp³-hybridized carbons (Fsp3) is 0.600. The minimum Gasteiger partial charge on any atom is -0.492 e. The molecule has 2 rings (SSSR count). The van der Waals surface area contributed by atoms with Gasteiger partial charge >= 0.3 is 0 Å². The lowest BCUT2D eigenvalue weighted by atomic mass is 10.1. The predicted octanol–water partition coefficient (Wildman–Crippen LogP) is 2.02. The van der Waals surface area contributed by atoms with Gasteiger partial charge in [0, 0.05) is 43.3 Å². The van der Waals surface area contributed by atoms with E-state index in [1.54, 1.807) is 19.1 Å². The molecule has 1 aliphatic rings. The molecular weight excluding hydrogens is 276 g/mol. The fourth-order valence-electron chi connectivity index (χ4n) is 2.33. The zero-order valence-electron chi connectivity index (χ0n) is 12.2. The molecule has 0 aliphatic carbocycles. The van der Waals surface area contributed by atoms with E-state index >= 15 is 0 Å². The first-order chi connectivity index (χ1) is 9.56. The molecule has 0 amide bonds. The molecule has 5 heteroatoms. The quantitative estimate of drug-likeness (QED) is 0.902. The molecule has 1 fully saturated rings. The van der Waals surface area contributed by atoms with Gasteiger partial charge in [-0.2, -0.15) is 0 Å². The number of ether oxygens (including phenoxy) is 1. The van der Waals surface area contributed by atoms with E-state index in [-0.39, 0.29) is 0 Å². The van der Waals surface area contributed by atoms with Crippen LogP contribution in [0.5, 0.6) is 5.75 Å². The molecule has 1 saturated heterocycles. The lowest BCUT2D eigenvalue weighted by molar-refractivity contribution is 0.131. The highest BCUT2D eigenvalue weighted by Gasteiger charge is 2.14. The molecule has 1 atom stereocenters. The Bertz CT molecular complexity index is 432. The number of rotatable bonds is 5. The van der Waals surface area contributed by atoms with E-state index in [2.05, 4.69) is 16.8 Å². The summed E-state index contributed by atoms with van der Waals surface area (Å²) in [4.78, 5) is 4.74. The van der Waals surface area contributed by atoms with Crippen LogP contribution in [0.25, 0.3) is 0 Å². The standard InChI is InChI=1S/C15H23ClN2O2/c1-12(19)14-11-13(16)3-4-15(14)20-10-9-18-7-5-17(2)6-8-18/h3-4,11-12,19H,5-10H2,1-2H3. The van der Waals surface area contributed by atoms with Gasteiger partial charge in [-0.25, -0.2) is 0 Å². The summed E-state index contributed by atoms with van der Waals surface area (Å²) < 4.78 is 5.81. The van der Waals surface area contributed by atoms with Crippen LogP contribution in [0.15, 0.2) is 18.2 Å². The summed E-state index contributed by atoms with van der Waals surface area (Å²) in [5.41, 5.74) is 0.746. The van der Waals surface area contributed by atoms with Gasteiger partial charge in [-0.1, -0.05) is 11.6 Å². The monoisotopic (exact) mass is 298 g/mol. The van der Waals surface area contributed by atoms with Gasteiger partial charge in [0.05, 0.1) is 6.10 Å². The SMILES string of the molecule is CC(O)c1cc(Cl)ccc1OCCN1CCN(C)CC1. The van der Waals surface area contributed by atoms with Crippen LogP contribution >= 0.6 is 11.6 Å². The van der Waals surface area contributed by atoms with E-state index < -0.39 is 6.10 Å². The van der Waals surface area contributed by atoms with Crippen LogP contribution in [-0.2, 0) is 0 Å². The van der Waals surface area contributed by atoms with Crippen LogP contribution in [0, 0.1) is 0 Å². The van der Waals surface area contributed by atoms with Crippen molar-refractivity contribution in [3.05, 3.63) is 28.8 Å². The van der Waals surface area contributed by atoms with Gasteiger partial charge in [0.1, 0.15) is 12.4 Å². The molecule has 0 bridgehead atoms. The van der Waals surface area contributed by atoms with E-state index in [9.17, 15) is 5.11 Å². The maximum absolute atomic E-state index is 9.75. The van der Waals surface area contributed by atoms with Crippen molar-refractivity contribution in [1.82, 2.24) is 9.80 Å². The highest BCUT2D eigenvalue weighted by molar-refractivity contribution is 6.30. The summed E-state index contributed by atoms with van der Waals surface area (Å²) in [7, 11) is 2.15. The molecule has 1 aromatic rings. The second kappa shape index (κ2) is 7.27. The number of piperazine rings is 1. The Morgan fingerprint density at radius 1 is 1.30 bits per heavy atom. The van der Waals surface area contributed by atoms with Gasteiger partial charge in [0.25, 0.3) is 0 Å². The van der Waals surface area contributed by atoms with Crippen LogP contribution in [0.2, 0.25) is 5.02 Å². The lowest BCUT2D eigenvalue weighted by Gasteiger charge is -2.32. The van der Waals surface area contributed by atoms with Gasteiger partial charge in [0.2, 0.25) is 0 Å². The topological polar surface area (TPSA) is 35.9 Å². The van der Waals surface area contributed by atoms with E-state index in [1.807, 2.05) is 6.07 Å². The number of nitrogens with zero attached hydrogens (tertiary/aromatic N) is 2. The number of aliphatic hydroxyl groups excluding tert-OH is 1. The Kier molecular flexibility index (Phi) is 5.66. The normalized spacial score (nSPS) is 19.0. The van der Waals surface area contributed by atoms with Crippen LogP contribution in [0.1, 0.15) is 18.6 Å². The Balaban J connectivity index is 1.85. The minimum absolute atomic E-state index is 0.577. The predicted molar refractivity (Wildman–Crippen MR) is 81.5 cm³/mol. The Hall–Kier alpha value is -0.810. The van der Waals surface area contributed by atoms with E-state index in [1.165, 1.54) is 0 Å². The van der Waals surface area contributed by atoms with E-state index in [0.29, 0.717) is 11.6 Å². The van der Waals surface area contributed by atoms with Crippen molar-refractivity contribution in [1.29, 1.82) is 0 Å². The van der Waals surface area contributed by atoms with Crippen LogP contribution in [0.4, 0.5) is 0 Å². The van der Waals surface area contributed by atoms with E-state index in [0.717, 1.165) is 44.0 Å². The van der Waals surface area contributed by atoms with Crippen molar-refractivity contribution in [2.75, 3.05) is 46.4 Å². The number of hydrogen-bond acceptors (Lipinski definition) is 4. The molecule has 4 nitrogen and oxygen atoms in total. The number of hydrogen-bond donors (Lipinski definition) is 1. The van der Waals surface area contributed by atoms with Gasteiger partial charge < -0.3 is 14.7 Å². The average molecular weight is 299 g/mol. The Labute approximate surface area is 125 Å². The first-order valence-electron chi connectivity index (χ1n) is 7.07. The average Bonchev–Trinajstić information content (AvgIpc) is 2.42. The molecule has 1 aliphatic heterocycles. The second-order valence-corrected chi connectivity index (χ2v) is 5.79. The molecule has 1 N–H and O–H groups in total. The number of halogens is 1. The first-order valence-corrected chi connectivity index (χ1v) is 7.45. The molecule has 1 heterocycles. The molecule has 0 spiro atoms. The zero-order valence-corrected chi connectivity index (χ0v) is 12.9. The molecule has 20 heavy (non-hydrogen) atoms. The molecule has 1 aromatic carbocycles. The van der Waals surface area contributed by atoms with Crippen molar-refractivity contribution < 1.29 is 9.84 Å². The minimum atomic E-state index is -0.577. The van der Waals surface area contributed by atoms with Crippen molar-refractivity contribution in [2.45, 2.75) is 13.0 Å². The maximum Gasteiger partial charge on any atom is 0.125 e. The highest BCUT2D eigenvalue weighted by Crippen LogP contribution is 2.28. The number of benzene rings is 1. The third-order valence-corrected chi connectivity index (χ3v) is 3.92. The molecule has 0 aromatic heterocycles. The van der Waals surface area contributed by atoms with Crippen molar-refractivity contribution in [3.63, 3.8) is 0 Å². The summed E-state index contributed by atoms with van der Waals surface area (Å²) >= 11 is 5.95. The molecule has 112 valence electrons. The summed E-state index contributed by atoms with van der Waals surface area (Å²) in [5, 5.41) is 10.4. The van der Waals surface area contributed by atoms with Gasteiger partial charge in [-0.3, -0.25) is 4.90 Å². The summed E-state index contributed by atoms with van der Waals surface area (Å²) in [6, 6.07) is 5.38. The van der Waals surface area contributed by atoms with Gasteiger partial charge in [-0.05, 0) is 32.2 Å². The Morgan fingerprint density at radius 2 is 2.00 bits per heavy atom. The van der Waals surface area contributed by atoms with E-state index in [4.69, 9.17) is 16.3 Å². The van der Waals surface area contributed by atoms with Crippen LogP contribution in [0.3, 0.4) is 0 Å². The fourth-order valence-corrected chi connectivity index (χ4v) is 2.51. The Morgan fingerprint density at radius 3 is 2.65 bits per heavy atom. The van der Waals surface area contributed by atoms with Crippen molar-refractivity contribution in [3.8, 4) is 5.75 Å². The summed E-state index contributed by atoms with van der Waals surface area (Å²) in [6.45, 7) is 7.66. The number of likely N-dealkylation sites (N-methyl/N-ethyl adjacent to an activating group) is 1. The molecule has 0 radical (unpaired) electrons. The molecule has 0 saturated carbocycles. The maximum atomic E-state index is 9.75. The van der Waals surface area contributed by atoms with Crippen molar-refractivity contribution >= 4 is 11.6 Å². The van der Waals surface area contributed by atoms with Gasteiger partial charge in [0.15, 0.2) is 0 Å². The largest absolute Gasteiger partial charge is 0.492 e. The summed E-state index contributed by atoms with van der Waals surface area (Å²) in [5.74, 6) is 0.721. The smallest absolute Gasteiger partial charge is 0.125 e. The second-order valence-electron chi connectivity index (χ2n) is 5.35. The third-order valence-electron chi connectivity index (χ3n) is 3.68. The van der Waals surface area contributed by atoms with Crippen molar-refractivity contribution in [2.24, 2.45) is 0 Å². The van der Waals surface area contributed by atoms with Crippen LogP contribution < -0.4 is 4.74 Å². The highest BCUT2D eigenvalue weighted by atomic mass is 35.5. The molecule has 1 unspecified atom stereocenters. The zero-order chi connectivity index (χ0) is 14.5. The first kappa shape index (κ1) is 15.6.